The van der Waals surface area contributed by atoms with Crippen LogP contribution in [0.1, 0.15) is 36.2 Å². The summed E-state index contributed by atoms with van der Waals surface area (Å²) in [5.41, 5.74) is 1.38. The van der Waals surface area contributed by atoms with Crippen molar-refractivity contribution in [3.63, 3.8) is 0 Å². The van der Waals surface area contributed by atoms with Crippen LogP contribution in [-0.4, -0.2) is 26.2 Å². The van der Waals surface area contributed by atoms with Crippen molar-refractivity contribution in [3.05, 3.63) is 53.6 Å². The Labute approximate surface area is 148 Å². The van der Waals surface area contributed by atoms with E-state index in [9.17, 15) is 4.79 Å². The summed E-state index contributed by atoms with van der Waals surface area (Å²) >= 11 is 0. The lowest BCUT2D eigenvalue weighted by molar-refractivity contribution is 0.0939. The van der Waals surface area contributed by atoms with Gasteiger partial charge in [-0.2, -0.15) is 0 Å². The van der Waals surface area contributed by atoms with Gasteiger partial charge in [0.25, 0.3) is 5.91 Å². The number of carbonyl (C=O) groups excluding carboxylic acids is 1. The molecule has 0 aromatic heterocycles. The van der Waals surface area contributed by atoms with E-state index in [-0.39, 0.29) is 18.6 Å². The van der Waals surface area contributed by atoms with Gasteiger partial charge in [0.2, 0.25) is 0 Å². The van der Waals surface area contributed by atoms with Crippen LogP contribution in [-0.2, 0) is 6.61 Å². The van der Waals surface area contributed by atoms with Crippen molar-refractivity contribution >= 4 is 5.91 Å². The van der Waals surface area contributed by atoms with Crippen LogP contribution in [0.3, 0.4) is 0 Å². The van der Waals surface area contributed by atoms with Crippen molar-refractivity contribution in [2.45, 2.75) is 32.9 Å². The molecule has 1 unspecified atom stereocenters. The third-order valence-corrected chi connectivity index (χ3v) is 3.98. The van der Waals surface area contributed by atoms with Gasteiger partial charge in [0.15, 0.2) is 11.5 Å². The molecule has 25 heavy (non-hydrogen) atoms. The lowest BCUT2D eigenvalue weighted by Crippen LogP contribution is -2.31. The smallest absolute Gasteiger partial charge is 0.251 e. The van der Waals surface area contributed by atoms with E-state index in [1.807, 2.05) is 38.1 Å². The van der Waals surface area contributed by atoms with Crippen LogP contribution in [0.25, 0.3) is 0 Å². The number of methoxy groups -OCH3 is 2. The molecular formula is C20H25NO4. The minimum absolute atomic E-state index is 0.101. The second-order valence-corrected chi connectivity index (χ2v) is 5.75. The van der Waals surface area contributed by atoms with E-state index < -0.39 is 0 Å². The molecule has 0 aliphatic carbocycles. The Kier molecular flexibility index (Phi) is 6.69. The lowest BCUT2D eigenvalue weighted by Gasteiger charge is -2.15. The predicted molar refractivity (Wildman–Crippen MR) is 97.5 cm³/mol. The number of nitrogens with one attached hydrogen (secondary N) is 1. The first-order valence-electron chi connectivity index (χ1n) is 8.32. The van der Waals surface area contributed by atoms with Crippen LogP contribution in [0, 0.1) is 0 Å². The number of rotatable bonds is 8. The predicted octanol–water partition coefficient (Wildman–Crippen LogP) is 3.81. The van der Waals surface area contributed by atoms with Gasteiger partial charge in [-0.1, -0.05) is 19.1 Å². The fourth-order valence-corrected chi connectivity index (χ4v) is 2.34. The maximum absolute atomic E-state index is 12.3. The molecule has 0 saturated heterocycles. The molecule has 0 fully saturated rings. The molecule has 1 N–H and O–H groups in total. The van der Waals surface area contributed by atoms with Crippen LogP contribution in [0.15, 0.2) is 42.5 Å². The average Bonchev–Trinajstić information content (AvgIpc) is 2.65. The summed E-state index contributed by atoms with van der Waals surface area (Å²) in [7, 11) is 3.20. The zero-order valence-electron chi connectivity index (χ0n) is 15.2. The number of carbonyl (C=O) groups is 1. The normalized spacial score (nSPS) is 11.5. The molecule has 2 aromatic carbocycles. The number of para-hydroxylation sites is 2. The molecule has 0 heterocycles. The highest BCUT2D eigenvalue weighted by Gasteiger charge is 2.13. The van der Waals surface area contributed by atoms with Crippen molar-refractivity contribution in [1.82, 2.24) is 5.32 Å². The summed E-state index contributed by atoms with van der Waals surface area (Å²) < 4.78 is 16.5. The van der Waals surface area contributed by atoms with Crippen molar-refractivity contribution in [2.24, 2.45) is 0 Å². The van der Waals surface area contributed by atoms with Crippen LogP contribution < -0.4 is 19.5 Å². The zero-order valence-corrected chi connectivity index (χ0v) is 15.2. The quantitative estimate of drug-likeness (QED) is 0.792. The lowest BCUT2D eigenvalue weighted by atomic mass is 10.1. The minimum atomic E-state index is -0.101. The Bertz CT molecular complexity index is 715. The first-order chi connectivity index (χ1) is 12.1. The van der Waals surface area contributed by atoms with Crippen molar-refractivity contribution in [2.75, 3.05) is 14.2 Å². The first-order valence-corrected chi connectivity index (χ1v) is 8.32. The van der Waals surface area contributed by atoms with Crippen molar-refractivity contribution in [1.29, 1.82) is 0 Å². The van der Waals surface area contributed by atoms with Crippen LogP contribution in [0.2, 0.25) is 0 Å². The third kappa shape index (κ3) is 4.89. The Hall–Kier alpha value is -2.69. The number of amides is 1. The summed E-state index contributed by atoms with van der Waals surface area (Å²) in [6.45, 7) is 4.28. The van der Waals surface area contributed by atoms with E-state index in [2.05, 4.69) is 5.32 Å². The maximum atomic E-state index is 12.3. The Morgan fingerprint density at radius 1 is 1.04 bits per heavy atom. The Morgan fingerprint density at radius 2 is 1.72 bits per heavy atom. The Morgan fingerprint density at radius 3 is 2.36 bits per heavy atom. The van der Waals surface area contributed by atoms with E-state index in [1.165, 1.54) is 0 Å². The summed E-state index contributed by atoms with van der Waals surface area (Å²) in [6, 6.07) is 12.9. The number of hydrogen-bond donors (Lipinski definition) is 1. The standard InChI is InChI=1S/C20H25NO4/c1-5-14(2)21-20(22)15-10-11-17(23-3)16(12-15)13-25-19-9-7-6-8-18(19)24-4/h6-12,14H,5,13H2,1-4H3,(H,21,22). The molecule has 2 aromatic rings. The second-order valence-electron chi connectivity index (χ2n) is 5.75. The van der Waals surface area contributed by atoms with Gasteiger partial charge >= 0.3 is 0 Å². The van der Waals surface area contributed by atoms with E-state index in [0.717, 1.165) is 12.0 Å². The van der Waals surface area contributed by atoms with E-state index in [0.29, 0.717) is 22.8 Å². The highest BCUT2D eigenvalue weighted by atomic mass is 16.5. The molecule has 5 heteroatoms. The van der Waals surface area contributed by atoms with E-state index in [4.69, 9.17) is 14.2 Å². The van der Waals surface area contributed by atoms with Gasteiger partial charge < -0.3 is 19.5 Å². The summed E-state index contributed by atoms with van der Waals surface area (Å²) in [5, 5.41) is 2.96. The first kappa shape index (κ1) is 18.6. The van der Waals surface area contributed by atoms with Crippen LogP contribution >= 0.6 is 0 Å². The molecule has 0 saturated carbocycles. The van der Waals surface area contributed by atoms with Gasteiger partial charge in [0.05, 0.1) is 14.2 Å². The van der Waals surface area contributed by atoms with Gasteiger partial charge in [0.1, 0.15) is 12.4 Å². The molecule has 0 spiro atoms. The summed E-state index contributed by atoms with van der Waals surface area (Å²) in [4.78, 5) is 12.3. The topological polar surface area (TPSA) is 56.8 Å². The van der Waals surface area contributed by atoms with Crippen LogP contribution in [0.4, 0.5) is 0 Å². The number of hydrogen-bond acceptors (Lipinski definition) is 4. The second kappa shape index (κ2) is 8.97. The maximum Gasteiger partial charge on any atom is 0.251 e. The molecule has 2 rings (SSSR count). The molecular weight excluding hydrogens is 318 g/mol. The van der Waals surface area contributed by atoms with E-state index >= 15 is 0 Å². The summed E-state index contributed by atoms with van der Waals surface area (Å²) in [6.07, 6.45) is 0.881. The SMILES string of the molecule is CCC(C)NC(=O)c1ccc(OC)c(COc2ccccc2OC)c1. The van der Waals surface area contributed by atoms with Crippen molar-refractivity contribution < 1.29 is 19.0 Å². The van der Waals surface area contributed by atoms with Crippen LogP contribution in [0.5, 0.6) is 17.2 Å². The highest BCUT2D eigenvalue weighted by Crippen LogP contribution is 2.28. The molecule has 0 bridgehead atoms. The molecule has 1 atom stereocenters. The monoisotopic (exact) mass is 343 g/mol. The van der Waals surface area contributed by atoms with Gasteiger partial charge in [-0.3, -0.25) is 4.79 Å². The number of benzene rings is 2. The van der Waals surface area contributed by atoms with Crippen molar-refractivity contribution in [3.8, 4) is 17.2 Å². The third-order valence-electron chi connectivity index (χ3n) is 3.98. The van der Waals surface area contributed by atoms with Gasteiger partial charge in [-0.05, 0) is 43.7 Å². The largest absolute Gasteiger partial charge is 0.496 e. The zero-order chi connectivity index (χ0) is 18.2. The molecule has 0 radical (unpaired) electrons. The molecule has 5 nitrogen and oxygen atoms in total. The highest BCUT2D eigenvalue weighted by molar-refractivity contribution is 5.94. The van der Waals surface area contributed by atoms with Gasteiger partial charge in [-0.25, -0.2) is 0 Å². The summed E-state index contributed by atoms with van der Waals surface area (Å²) in [5.74, 6) is 1.87. The molecule has 0 aliphatic heterocycles. The fraction of sp³-hybridized carbons (Fsp3) is 0.350. The molecule has 1 amide bonds. The van der Waals surface area contributed by atoms with Gasteiger partial charge in [-0.15, -0.1) is 0 Å². The van der Waals surface area contributed by atoms with E-state index in [1.54, 1.807) is 32.4 Å². The average molecular weight is 343 g/mol. The van der Waals surface area contributed by atoms with Gasteiger partial charge in [0, 0.05) is 17.2 Å². The molecule has 0 aliphatic rings. The molecule has 134 valence electrons. The fourth-order valence-electron chi connectivity index (χ4n) is 2.34. The number of ether oxygens (including phenoxy) is 3. The minimum Gasteiger partial charge on any atom is -0.496 e. The Balaban J connectivity index is 2.18.